The lowest BCUT2D eigenvalue weighted by atomic mass is 10.4. The molecule has 1 aliphatic carbocycles. The number of hydrogen-bond donors (Lipinski definition) is 1. The fourth-order valence-electron chi connectivity index (χ4n) is 0.677. The molecule has 0 aromatic heterocycles. The summed E-state index contributed by atoms with van der Waals surface area (Å²) in [7, 11) is 1.71. The Balaban J connectivity index is 1.98. The summed E-state index contributed by atoms with van der Waals surface area (Å²) in [6, 6.07) is 0.444. The molecule has 2 N–H and O–H groups in total. The lowest BCUT2D eigenvalue weighted by molar-refractivity contribution is 0.184. The third-order valence-corrected chi connectivity index (χ3v) is 1.36. The first-order valence-electron chi connectivity index (χ1n) is 2.59. The second-order valence-electron chi connectivity index (χ2n) is 2.11. The van der Waals surface area contributed by atoms with Gasteiger partial charge in [0.15, 0.2) is 0 Å². The molecule has 1 saturated carbocycles. The van der Waals surface area contributed by atoms with Gasteiger partial charge in [-0.3, -0.25) is 0 Å². The first-order chi connectivity index (χ1) is 3.34. The number of nitrogens with two attached hydrogens (primary N) is 1. The van der Waals surface area contributed by atoms with Gasteiger partial charge in [-0.25, -0.2) is 0 Å². The summed E-state index contributed by atoms with van der Waals surface area (Å²) in [6.45, 7) is 0.848. The minimum Gasteiger partial charge on any atom is -0.384 e. The zero-order valence-corrected chi connectivity index (χ0v) is 4.55. The van der Waals surface area contributed by atoms with Crippen LogP contribution in [0.4, 0.5) is 0 Å². The first kappa shape index (κ1) is 5.06. The van der Waals surface area contributed by atoms with Crippen LogP contribution in [0.15, 0.2) is 0 Å². The molecule has 7 heavy (non-hydrogen) atoms. The Morgan fingerprint density at radius 3 is 2.57 bits per heavy atom. The van der Waals surface area contributed by atoms with Gasteiger partial charge in [0.25, 0.3) is 0 Å². The number of methoxy groups -OCH3 is 1. The molecule has 0 aromatic rings. The van der Waals surface area contributed by atoms with Crippen molar-refractivity contribution in [3.63, 3.8) is 0 Å². The number of ether oxygens (including phenoxy) is 1. The molecule has 0 amide bonds. The van der Waals surface area contributed by atoms with Crippen LogP contribution in [-0.4, -0.2) is 19.8 Å². The highest BCUT2D eigenvalue weighted by atomic mass is 16.5. The van der Waals surface area contributed by atoms with Crippen molar-refractivity contribution in [2.45, 2.75) is 12.5 Å². The lowest BCUT2D eigenvalue weighted by Crippen LogP contribution is -2.05. The maximum absolute atomic E-state index is 5.47. The van der Waals surface area contributed by atoms with E-state index in [1.807, 2.05) is 0 Å². The minimum absolute atomic E-state index is 0.444. The van der Waals surface area contributed by atoms with Gasteiger partial charge in [-0.15, -0.1) is 0 Å². The zero-order chi connectivity index (χ0) is 5.28. The second kappa shape index (κ2) is 1.80. The van der Waals surface area contributed by atoms with E-state index in [1.54, 1.807) is 7.11 Å². The highest BCUT2D eigenvalue weighted by Crippen LogP contribution is 2.27. The molecule has 1 aliphatic rings. The highest BCUT2D eigenvalue weighted by Gasteiger charge is 2.32. The third-order valence-electron chi connectivity index (χ3n) is 1.36. The number of rotatable bonds is 2. The molecule has 42 valence electrons. The van der Waals surface area contributed by atoms with Gasteiger partial charge in [0.05, 0.1) is 6.61 Å². The van der Waals surface area contributed by atoms with E-state index < -0.39 is 0 Å². The molecule has 0 saturated heterocycles. The molecule has 0 heterocycles. The summed E-state index contributed by atoms with van der Waals surface area (Å²) in [5, 5.41) is 0. The molecule has 0 aliphatic heterocycles. The maximum Gasteiger partial charge on any atom is 0.0505 e. The Morgan fingerprint density at radius 1 is 1.86 bits per heavy atom. The topological polar surface area (TPSA) is 35.2 Å². The highest BCUT2D eigenvalue weighted by molar-refractivity contribution is 4.89. The summed E-state index contributed by atoms with van der Waals surface area (Å²) in [5.74, 6) is 0.671. The molecular formula is C5H11NO. The van der Waals surface area contributed by atoms with E-state index in [2.05, 4.69) is 0 Å². The van der Waals surface area contributed by atoms with Crippen molar-refractivity contribution < 1.29 is 4.74 Å². The normalized spacial score (nSPS) is 38.6. The maximum atomic E-state index is 5.47. The summed E-state index contributed by atoms with van der Waals surface area (Å²) >= 11 is 0. The van der Waals surface area contributed by atoms with E-state index in [-0.39, 0.29) is 0 Å². The Kier molecular flexibility index (Phi) is 1.30. The lowest BCUT2D eigenvalue weighted by Gasteiger charge is -1.89. The van der Waals surface area contributed by atoms with Gasteiger partial charge in [0, 0.05) is 13.2 Å². The van der Waals surface area contributed by atoms with Crippen molar-refractivity contribution in [3.05, 3.63) is 0 Å². The van der Waals surface area contributed by atoms with E-state index in [0.717, 1.165) is 13.0 Å². The molecule has 0 radical (unpaired) electrons. The molecule has 0 aromatic carbocycles. The van der Waals surface area contributed by atoms with Crippen LogP contribution >= 0.6 is 0 Å². The summed E-state index contributed by atoms with van der Waals surface area (Å²) in [6.07, 6.45) is 1.16. The van der Waals surface area contributed by atoms with Gasteiger partial charge in [0.2, 0.25) is 0 Å². The predicted octanol–water partition coefficient (Wildman–Crippen LogP) is -0.0200. The van der Waals surface area contributed by atoms with Crippen LogP contribution in [-0.2, 0) is 4.74 Å². The fourth-order valence-corrected chi connectivity index (χ4v) is 0.677. The average Bonchev–Trinajstić information content (AvgIpc) is 2.22. The summed E-state index contributed by atoms with van der Waals surface area (Å²) in [5.41, 5.74) is 5.47. The van der Waals surface area contributed by atoms with Gasteiger partial charge in [-0.05, 0) is 12.3 Å². The molecule has 2 atom stereocenters. The molecule has 1 fully saturated rings. The van der Waals surface area contributed by atoms with Crippen LogP contribution in [0.1, 0.15) is 6.42 Å². The van der Waals surface area contributed by atoms with Crippen molar-refractivity contribution in [1.29, 1.82) is 0 Å². The van der Waals surface area contributed by atoms with E-state index >= 15 is 0 Å². The molecule has 0 spiro atoms. The largest absolute Gasteiger partial charge is 0.384 e. The van der Waals surface area contributed by atoms with Crippen molar-refractivity contribution >= 4 is 0 Å². The van der Waals surface area contributed by atoms with Gasteiger partial charge < -0.3 is 10.5 Å². The second-order valence-corrected chi connectivity index (χ2v) is 2.11. The number of hydrogen-bond acceptors (Lipinski definition) is 2. The minimum atomic E-state index is 0.444. The Hall–Kier alpha value is -0.0800. The molecule has 1 rings (SSSR count). The van der Waals surface area contributed by atoms with Gasteiger partial charge in [0.1, 0.15) is 0 Å². The van der Waals surface area contributed by atoms with E-state index in [0.29, 0.717) is 12.0 Å². The monoisotopic (exact) mass is 101 g/mol. The van der Waals surface area contributed by atoms with Crippen molar-refractivity contribution in [2.24, 2.45) is 11.7 Å². The summed E-state index contributed by atoms with van der Waals surface area (Å²) in [4.78, 5) is 0. The predicted molar refractivity (Wildman–Crippen MR) is 28.0 cm³/mol. The zero-order valence-electron chi connectivity index (χ0n) is 4.55. The summed E-state index contributed by atoms with van der Waals surface area (Å²) < 4.78 is 4.86. The Labute approximate surface area is 43.6 Å². The fraction of sp³-hybridized carbons (Fsp3) is 1.00. The standard InChI is InChI=1S/C5H11NO/c1-7-3-4-2-5(4)6/h4-5H,2-3,6H2,1H3. The quantitative estimate of drug-likeness (QED) is 0.530. The van der Waals surface area contributed by atoms with Crippen molar-refractivity contribution in [2.75, 3.05) is 13.7 Å². The van der Waals surface area contributed by atoms with E-state index in [9.17, 15) is 0 Å². The third kappa shape index (κ3) is 1.14. The Bertz CT molecular complexity index is 65.1. The van der Waals surface area contributed by atoms with Crippen LogP contribution in [0.5, 0.6) is 0 Å². The van der Waals surface area contributed by atoms with Crippen LogP contribution in [0.25, 0.3) is 0 Å². The SMILES string of the molecule is COCC1CC1N. The smallest absolute Gasteiger partial charge is 0.0505 e. The van der Waals surface area contributed by atoms with Crippen LogP contribution in [0.2, 0.25) is 0 Å². The van der Waals surface area contributed by atoms with E-state index in [1.165, 1.54) is 0 Å². The Morgan fingerprint density at radius 2 is 2.43 bits per heavy atom. The molecule has 2 nitrogen and oxygen atoms in total. The van der Waals surface area contributed by atoms with Gasteiger partial charge >= 0.3 is 0 Å². The van der Waals surface area contributed by atoms with Crippen LogP contribution < -0.4 is 5.73 Å². The first-order valence-corrected chi connectivity index (χ1v) is 2.59. The molecular weight excluding hydrogens is 90.1 g/mol. The molecule has 0 bridgehead atoms. The average molecular weight is 101 g/mol. The van der Waals surface area contributed by atoms with Crippen LogP contribution in [0, 0.1) is 5.92 Å². The van der Waals surface area contributed by atoms with Gasteiger partial charge in [-0.2, -0.15) is 0 Å². The van der Waals surface area contributed by atoms with Crippen molar-refractivity contribution in [3.8, 4) is 0 Å². The molecule has 2 heteroatoms. The molecule has 2 unspecified atom stereocenters. The van der Waals surface area contributed by atoms with Crippen LogP contribution in [0.3, 0.4) is 0 Å². The van der Waals surface area contributed by atoms with E-state index in [4.69, 9.17) is 10.5 Å². The van der Waals surface area contributed by atoms with Gasteiger partial charge in [-0.1, -0.05) is 0 Å². The van der Waals surface area contributed by atoms with Crippen molar-refractivity contribution in [1.82, 2.24) is 0 Å².